The fourth-order valence-corrected chi connectivity index (χ4v) is 4.03. The van der Waals surface area contributed by atoms with E-state index in [0.717, 1.165) is 22.3 Å². The largest absolute Gasteiger partial charge is 0.466 e. The van der Waals surface area contributed by atoms with Crippen molar-refractivity contribution in [1.29, 1.82) is 0 Å². The topological polar surface area (TPSA) is 125 Å². The van der Waals surface area contributed by atoms with E-state index in [1.807, 2.05) is 48.5 Å². The zero-order valence-corrected chi connectivity index (χ0v) is 18.0. The Kier molecular flexibility index (Phi) is 7.25. The van der Waals surface area contributed by atoms with Gasteiger partial charge in [0.25, 0.3) is 0 Å². The van der Waals surface area contributed by atoms with E-state index in [9.17, 15) is 19.2 Å². The molecule has 32 heavy (non-hydrogen) atoms. The molecular formula is C24H26N2O6. The second-order valence-electron chi connectivity index (χ2n) is 7.36. The van der Waals surface area contributed by atoms with Gasteiger partial charge < -0.3 is 20.5 Å². The summed E-state index contributed by atoms with van der Waals surface area (Å²) < 4.78 is 9.94. The Morgan fingerprint density at radius 1 is 0.906 bits per heavy atom. The van der Waals surface area contributed by atoms with E-state index < -0.39 is 48.1 Å². The molecule has 0 fully saturated rings. The molecule has 168 valence electrons. The lowest BCUT2D eigenvalue weighted by Crippen LogP contribution is -2.53. The van der Waals surface area contributed by atoms with Gasteiger partial charge in [0.15, 0.2) is 0 Å². The third-order valence-corrected chi connectivity index (χ3v) is 5.38. The maximum atomic E-state index is 13.4. The summed E-state index contributed by atoms with van der Waals surface area (Å²) in [5.74, 6) is -4.93. The Morgan fingerprint density at radius 2 is 1.44 bits per heavy atom. The number of nitrogens with one attached hydrogen (secondary N) is 1. The molecule has 0 heterocycles. The smallest absolute Gasteiger partial charge is 0.312 e. The van der Waals surface area contributed by atoms with Gasteiger partial charge in [0, 0.05) is 0 Å². The summed E-state index contributed by atoms with van der Waals surface area (Å²) in [4.78, 5) is 50.3. The summed E-state index contributed by atoms with van der Waals surface area (Å²) in [7, 11) is 0. The average Bonchev–Trinajstić information content (AvgIpc) is 3.11. The Hall–Kier alpha value is -3.68. The maximum absolute atomic E-state index is 13.4. The number of ether oxygens (including phenoxy) is 2. The molecule has 2 atom stereocenters. The van der Waals surface area contributed by atoms with Crippen LogP contribution in [0.25, 0.3) is 11.1 Å². The highest BCUT2D eigenvalue weighted by molar-refractivity contribution is 5.99. The lowest BCUT2D eigenvalue weighted by Gasteiger charge is -2.25. The van der Waals surface area contributed by atoms with Gasteiger partial charge in [-0.3, -0.25) is 19.2 Å². The van der Waals surface area contributed by atoms with Crippen LogP contribution in [0.3, 0.4) is 0 Å². The van der Waals surface area contributed by atoms with Crippen molar-refractivity contribution >= 4 is 23.8 Å². The SMILES string of the molecule is CCOC(=O)C[C@@H](C(=O)OCC)[C@H](NC(=O)C1c2ccccc2-c2ccccc21)C(N)=O. The van der Waals surface area contributed by atoms with Crippen LogP contribution in [0.4, 0.5) is 0 Å². The Labute approximate surface area is 186 Å². The molecule has 2 amide bonds. The number of amides is 2. The molecule has 0 aromatic heterocycles. The zero-order valence-electron chi connectivity index (χ0n) is 18.0. The summed E-state index contributed by atoms with van der Waals surface area (Å²) >= 11 is 0. The van der Waals surface area contributed by atoms with E-state index in [1.165, 1.54) is 0 Å². The standard InChI is InChI=1S/C24H26N2O6/c1-3-31-19(27)13-18(24(30)32-4-2)21(22(25)28)26-23(29)20-16-11-7-5-9-14(16)15-10-6-8-12-17(15)20/h5-12,18,20-21H,3-4,13H2,1-2H3,(H2,25,28)(H,26,29)/t18-,21+/m1/s1. The van der Waals surface area contributed by atoms with Gasteiger partial charge in [0.1, 0.15) is 6.04 Å². The van der Waals surface area contributed by atoms with Crippen LogP contribution in [0.2, 0.25) is 0 Å². The molecular weight excluding hydrogens is 412 g/mol. The summed E-state index contributed by atoms with van der Waals surface area (Å²) in [6, 6.07) is 13.5. The van der Waals surface area contributed by atoms with Crippen LogP contribution in [0.15, 0.2) is 48.5 Å². The van der Waals surface area contributed by atoms with Crippen LogP contribution >= 0.6 is 0 Å². The predicted molar refractivity (Wildman–Crippen MR) is 116 cm³/mol. The van der Waals surface area contributed by atoms with E-state index in [-0.39, 0.29) is 13.2 Å². The first-order valence-corrected chi connectivity index (χ1v) is 10.5. The van der Waals surface area contributed by atoms with E-state index >= 15 is 0 Å². The first-order chi connectivity index (χ1) is 15.4. The molecule has 0 saturated carbocycles. The second-order valence-corrected chi connectivity index (χ2v) is 7.36. The third-order valence-electron chi connectivity index (χ3n) is 5.38. The first-order valence-electron chi connectivity index (χ1n) is 10.5. The fourth-order valence-electron chi connectivity index (χ4n) is 4.03. The molecule has 3 rings (SSSR count). The van der Waals surface area contributed by atoms with Gasteiger partial charge in [0.2, 0.25) is 11.8 Å². The van der Waals surface area contributed by atoms with Gasteiger partial charge in [0.05, 0.1) is 31.5 Å². The summed E-state index contributed by atoms with van der Waals surface area (Å²) in [6.45, 7) is 3.38. The molecule has 3 N–H and O–H groups in total. The minimum absolute atomic E-state index is 0.0426. The lowest BCUT2D eigenvalue weighted by atomic mass is 9.92. The van der Waals surface area contributed by atoms with Crippen LogP contribution in [0.1, 0.15) is 37.3 Å². The van der Waals surface area contributed by atoms with Gasteiger partial charge in [-0.15, -0.1) is 0 Å². The number of hydrogen-bond donors (Lipinski definition) is 2. The van der Waals surface area contributed by atoms with Crippen molar-refractivity contribution < 1.29 is 28.7 Å². The van der Waals surface area contributed by atoms with Crippen molar-refractivity contribution in [2.75, 3.05) is 13.2 Å². The second kappa shape index (κ2) is 10.1. The number of carbonyl (C=O) groups is 4. The zero-order chi connectivity index (χ0) is 23.3. The first kappa shape index (κ1) is 23.0. The monoisotopic (exact) mass is 438 g/mol. The van der Waals surface area contributed by atoms with Crippen molar-refractivity contribution in [3.63, 3.8) is 0 Å². The molecule has 0 spiro atoms. The minimum Gasteiger partial charge on any atom is -0.466 e. The van der Waals surface area contributed by atoms with Crippen LogP contribution in [0, 0.1) is 5.92 Å². The number of nitrogens with two attached hydrogens (primary N) is 1. The van der Waals surface area contributed by atoms with Gasteiger partial charge in [-0.2, -0.15) is 0 Å². The summed E-state index contributed by atoms with van der Waals surface area (Å²) in [5, 5.41) is 2.60. The van der Waals surface area contributed by atoms with E-state index in [2.05, 4.69) is 5.32 Å². The Morgan fingerprint density at radius 3 is 1.94 bits per heavy atom. The van der Waals surface area contributed by atoms with E-state index in [1.54, 1.807) is 13.8 Å². The number of hydrogen-bond acceptors (Lipinski definition) is 6. The average molecular weight is 438 g/mol. The predicted octanol–water partition coefficient (Wildman–Crippen LogP) is 1.90. The highest BCUT2D eigenvalue weighted by atomic mass is 16.5. The lowest BCUT2D eigenvalue weighted by molar-refractivity contribution is -0.157. The molecule has 8 nitrogen and oxygen atoms in total. The van der Waals surface area contributed by atoms with Gasteiger partial charge in [-0.05, 0) is 36.1 Å². The highest BCUT2D eigenvalue weighted by Gasteiger charge is 2.40. The van der Waals surface area contributed by atoms with Crippen LogP contribution < -0.4 is 11.1 Å². The van der Waals surface area contributed by atoms with Gasteiger partial charge in [-0.25, -0.2) is 0 Å². The molecule has 1 aliphatic rings. The summed E-state index contributed by atoms with van der Waals surface area (Å²) in [6.07, 6.45) is -0.446. The molecule has 0 bridgehead atoms. The van der Waals surface area contributed by atoms with Crippen LogP contribution in [-0.4, -0.2) is 43.0 Å². The Balaban J connectivity index is 1.92. The van der Waals surface area contributed by atoms with Crippen molar-refractivity contribution in [3.8, 4) is 11.1 Å². The molecule has 2 aromatic rings. The van der Waals surface area contributed by atoms with Gasteiger partial charge in [-0.1, -0.05) is 48.5 Å². The molecule has 8 heteroatoms. The molecule has 0 unspecified atom stereocenters. The van der Waals surface area contributed by atoms with Crippen molar-refractivity contribution in [2.45, 2.75) is 32.2 Å². The molecule has 1 aliphatic carbocycles. The number of benzene rings is 2. The quantitative estimate of drug-likeness (QED) is 0.576. The van der Waals surface area contributed by atoms with E-state index in [0.29, 0.717) is 0 Å². The minimum atomic E-state index is -1.44. The Bertz CT molecular complexity index is 989. The highest BCUT2D eigenvalue weighted by Crippen LogP contribution is 2.44. The molecule has 0 saturated heterocycles. The van der Waals surface area contributed by atoms with Crippen molar-refractivity contribution in [1.82, 2.24) is 5.32 Å². The molecule has 0 radical (unpaired) electrons. The number of carbonyl (C=O) groups excluding carboxylic acids is 4. The third kappa shape index (κ3) is 4.64. The number of rotatable bonds is 9. The maximum Gasteiger partial charge on any atom is 0.312 e. The van der Waals surface area contributed by atoms with Crippen molar-refractivity contribution in [2.24, 2.45) is 11.7 Å². The number of fused-ring (bicyclic) bond motifs is 3. The normalized spacial score (nSPS) is 13.9. The van der Waals surface area contributed by atoms with E-state index in [4.69, 9.17) is 15.2 Å². The number of primary amides is 1. The number of esters is 2. The van der Waals surface area contributed by atoms with Crippen LogP contribution in [-0.2, 0) is 28.7 Å². The van der Waals surface area contributed by atoms with Crippen molar-refractivity contribution in [3.05, 3.63) is 59.7 Å². The molecule has 2 aromatic carbocycles. The summed E-state index contributed by atoms with van der Waals surface area (Å²) in [5.41, 5.74) is 8.96. The van der Waals surface area contributed by atoms with Crippen LogP contribution in [0.5, 0.6) is 0 Å². The molecule has 0 aliphatic heterocycles. The fraction of sp³-hybridized carbons (Fsp3) is 0.333. The van der Waals surface area contributed by atoms with Gasteiger partial charge >= 0.3 is 11.9 Å².